The molecule has 8 heteroatoms. The largest absolute Gasteiger partial charge is 0.380 e. The van der Waals surface area contributed by atoms with Gasteiger partial charge < -0.3 is 4.74 Å². The zero-order valence-corrected chi connectivity index (χ0v) is 12.9. The molecule has 1 aromatic carbocycles. The molecule has 0 unspecified atom stereocenters. The lowest BCUT2D eigenvalue weighted by atomic mass is 10.3. The first-order valence-corrected chi connectivity index (χ1v) is 8.40. The highest BCUT2D eigenvalue weighted by atomic mass is 79.9. The van der Waals surface area contributed by atoms with Crippen LogP contribution in [0, 0.1) is 17.6 Å². The van der Waals surface area contributed by atoms with Gasteiger partial charge in [0.1, 0.15) is 16.5 Å². The van der Waals surface area contributed by atoms with Gasteiger partial charge in [-0.3, -0.25) is 0 Å². The molecular weight excluding hydrogens is 356 g/mol. The van der Waals surface area contributed by atoms with E-state index in [-0.39, 0.29) is 17.6 Å². The second kappa shape index (κ2) is 6.46. The number of ether oxygens (including phenoxy) is 1. The van der Waals surface area contributed by atoms with Crippen molar-refractivity contribution in [3.05, 3.63) is 28.2 Å². The summed E-state index contributed by atoms with van der Waals surface area (Å²) in [6, 6.07) is 1.43. The van der Waals surface area contributed by atoms with Gasteiger partial charge in [-0.1, -0.05) is 0 Å². The second-order valence-corrected chi connectivity index (χ2v) is 7.17. The van der Waals surface area contributed by atoms with Gasteiger partial charge in [0.2, 0.25) is 10.0 Å². The molecule has 1 aliphatic rings. The third-order valence-corrected chi connectivity index (χ3v) is 5.25. The number of halogens is 3. The Morgan fingerprint density at radius 2 is 2.05 bits per heavy atom. The Kier molecular flexibility index (Phi) is 5.11. The van der Waals surface area contributed by atoms with Gasteiger partial charge in [-0.05, 0) is 40.8 Å². The van der Waals surface area contributed by atoms with Crippen LogP contribution >= 0.6 is 15.9 Å². The molecule has 0 aromatic heterocycles. The Balaban J connectivity index is 1.95. The van der Waals surface area contributed by atoms with E-state index in [1.54, 1.807) is 0 Å². The van der Waals surface area contributed by atoms with Crippen LogP contribution < -0.4 is 4.72 Å². The maximum Gasteiger partial charge on any atom is 0.244 e. The third-order valence-electron chi connectivity index (χ3n) is 2.82. The first-order chi connectivity index (χ1) is 9.40. The zero-order chi connectivity index (χ0) is 14.8. The predicted octanol–water partition coefficient (Wildman–Crippen LogP) is 2.43. The SMILES string of the molecule is O=S(=O)(NCCOCC1CC1)c1c(F)cc(F)cc1Br. The number of nitrogens with one attached hydrogen (secondary N) is 1. The Morgan fingerprint density at radius 3 is 2.65 bits per heavy atom. The summed E-state index contributed by atoms with van der Waals surface area (Å²) < 4.78 is 57.7. The Hall–Kier alpha value is -0.570. The van der Waals surface area contributed by atoms with Crippen molar-refractivity contribution < 1.29 is 21.9 Å². The maximum absolute atomic E-state index is 13.6. The van der Waals surface area contributed by atoms with Crippen LogP contribution in [0.4, 0.5) is 8.78 Å². The molecule has 1 fully saturated rings. The summed E-state index contributed by atoms with van der Waals surface area (Å²) in [5.74, 6) is -1.39. The minimum Gasteiger partial charge on any atom is -0.380 e. The van der Waals surface area contributed by atoms with Crippen molar-refractivity contribution in [3.8, 4) is 0 Å². The zero-order valence-electron chi connectivity index (χ0n) is 10.5. The highest BCUT2D eigenvalue weighted by molar-refractivity contribution is 9.10. The molecule has 1 aliphatic carbocycles. The first-order valence-electron chi connectivity index (χ1n) is 6.12. The van der Waals surface area contributed by atoms with Crippen molar-refractivity contribution in [1.82, 2.24) is 4.72 Å². The summed E-state index contributed by atoms with van der Waals surface area (Å²) in [5.41, 5.74) is 0. The molecule has 0 spiro atoms. The topological polar surface area (TPSA) is 55.4 Å². The molecule has 20 heavy (non-hydrogen) atoms. The van der Waals surface area contributed by atoms with E-state index in [0.717, 1.165) is 18.9 Å². The molecular formula is C12H14BrF2NO3S. The Morgan fingerprint density at radius 1 is 1.35 bits per heavy atom. The van der Waals surface area contributed by atoms with Crippen LogP contribution in [0.5, 0.6) is 0 Å². The van der Waals surface area contributed by atoms with E-state index in [9.17, 15) is 17.2 Å². The first kappa shape index (κ1) is 15.8. The Bertz CT molecular complexity index is 567. The van der Waals surface area contributed by atoms with Crippen LogP contribution in [0.25, 0.3) is 0 Å². The summed E-state index contributed by atoms with van der Waals surface area (Å²) in [6.07, 6.45) is 2.30. The van der Waals surface area contributed by atoms with Crippen molar-refractivity contribution in [2.45, 2.75) is 17.7 Å². The molecule has 2 rings (SSSR count). The predicted molar refractivity (Wildman–Crippen MR) is 72.8 cm³/mol. The normalized spacial score (nSPS) is 15.6. The quantitative estimate of drug-likeness (QED) is 0.751. The van der Waals surface area contributed by atoms with Gasteiger partial charge in [0.05, 0.1) is 6.61 Å². The van der Waals surface area contributed by atoms with Crippen molar-refractivity contribution in [3.63, 3.8) is 0 Å². The van der Waals surface area contributed by atoms with Gasteiger partial charge in [0, 0.05) is 23.7 Å². The monoisotopic (exact) mass is 369 g/mol. The number of rotatable bonds is 7. The molecule has 1 N–H and O–H groups in total. The summed E-state index contributed by atoms with van der Waals surface area (Å²) >= 11 is 2.85. The average molecular weight is 370 g/mol. The summed E-state index contributed by atoms with van der Waals surface area (Å²) in [7, 11) is -4.04. The lowest BCUT2D eigenvalue weighted by molar-refractivity contribution is 0.129. The fraction of sp³-hybridized carbons (Fsp3) is 0.500. The molecule has 0 bridgehead atoms. The van der Waals surface area contributed by atoms with E-state index in [1.807, 2.05) is 0 Å². The van der Waals surface area contributed by atoms with Crippen LogP contribution in [0.15, 0.2) is 21.5 Å². The molecule has 0 aliphatic heterocycles. The minimum absolute atomic E-state index is 0.0400. The molecule has 112 valence electrons. The van der Waals surface area contributed by atoms with Crippen molar-refractivity contribution >= 4 is 26.0 Å². The van der Waals surface area contributed by atoms with Crippen LogP contribution in [0.3, 0.4) is 0 Å². The number of hydrogen-bond acceptors (Lipinski definition) is 3. The van der Waals surface area contributed by atoms with Crippen molar-refractivity contribution in [2.75, 3.05) is 19.8 Å². The molecule has 4 nitrogen and oxygen atoms in total. The van der Waals surface area contributed by atoms with Gasteiger partial charge in [-0.2, -0.15) is 0 Å². The summed E-state index contributed by atoms with van der Waals surface area (Å²) in [5, 5.41) is 0. The standard InChI is InChI=1S/C12H14BrF2NO3S/c13-10-5-9(14)6-11(15)12(10)20(17,18)16-3-4-19-7-8-1-2-8/h5-6,8,16H,1-4,7H2. The maximum atomic E-state index is 13.6. The van der Waals surface area contributed by atoms with Crippen LogP contribution in [0.1, 0.15) is 12.8 Å². The molecule has 0 saturated heterocycles. The van der Waals surface area contributed by atoms with Gasteiger partial charge in [0.15, 0.2) is 0 Å². The fourth-order valence-electron chi connectivity index (χ4n) is 1.64. The highest BCUT2D eigenvalue weighted by Crippen LogP contribution is 2.28. The lowest BCUT2D eigenvalue weighted by Gasteiger charge is -2.10. The third kappa shape index (κ3) is 4.21. The molecule has 0 heterocycles. The molecule has 0 amide bonds. The molecule has 0 radical (unpaired) electrons. The van der Waals surface area contributed by atoms with Gasteiger partial charge >= 0.3 is 0 Å². The van der Waals surface area contributed by atoms with Gasteiger partial charge in [-0.15, -0.1) is 0 Å². The van der Waals surface area contributed by atoms with Gasteiger partial charge in [0.25, 0.3) is 0 Å². The van der Waals surface area contributed by atoms with E-state index < -0.39 is 26.6 Å². The molecule has 0 atom stereocenters. The van der Waals surface area contributed by atoms with E-state index in [1.165, 1.54) is 0 Å². The van der Waals surface area contributed by atoms with E-state index >= 15 is 0 Å². The summed E-state index contributed by atoms with van der Waals surface area (Å²) in [4.78, 5) is -0.596. The van der Waals surface area contributed by atoms with Crippen molar-refractivity contribution in [2.24, 2.45) is 5.92 Å². The number of sulfonamides is 1. The van der Waals surface area contributed by atoms with Crippen LogP contribution in [-0.4, -0.2) is 28.2 Å². The second-order valence-electron chi connectivity index (χ2n) is 4.61. The van der Waals surface area contributed by atoms with E-state index in [4.69, 9.17) is 4.74 Å². The van der Waals surface area contributed by atoms with Crippen LogP contribution in [-0.2, 0) is 14.8 Å². The van der Waals surface area contributed by atoms with E-state index in [2.05, 4.69) is 20.7 Å². The highest BCUT2D eigenvalue weighted by Gasteiger charge is 2.24. The number of benzene rings is 1. The smallest absolute Gasteiger partial charge is 0.244 e. The molecule has 1 aromatic rings. The van der Waals surface area contributed by atoms with E-state index in [0.29, 0.717) is 18.6 Å². The summed E-state index contributed by atoms with van der Waals surface area (Å²) in [6.45, 7) is 0.880. The minimum atomic E-state index is -4.04. The average Bonchev–Trinajstić information content (AvgIpc) is 3.10. The number of hydrogen-bond donors (Lipinski definition) is 1. The van der Waals surface area contributed by atoms with Crippen LogP contribution in [0.2, 0.25) is 0 Å². The fourth-order valence-corrected chi connectivity index (χ4v) is 3.82. The van der Waals surface area contributed by atoms with Crippen molar-refractivity contribution in [1.29, 1.82) is 0 Å². The Labute approximate surface area is 124 Å². The molecule has 1 saturated carbocycles. The lowest BCUT2D eigenvalue weighted by Crippen LogP contribution is -2.28. The van der Waals surface area contributed by atoms with Gasteiger partial charge in [-0.25, -0.2) is 21.9 Å².